The molecule has 0 bridgehead atoms. The van der Waals surface area contributed by atoms with E-state index in [0.29, 0.717) is 38.8 Å². The number of ketones is 1. The topological polar surface area (TPSA) is 111 Å². The molecule has 2 aromatic carbocycles. The molecule has 154 valence electrons. The number of thiazole rings is 1. The van der Waals surface area contributed by atoms with E-state index in [2.05, 4.69) is 10.3 Å². The van der Waals surface area contributed by atoms with Crippen LogP contribution in [0.25, 0.3) is 11.3 Å². The molecule has 0 unspecified atom stereocenters. The van der Waals surface area contributed by atoms with Crippen LogP contribution in [-0.4, -0.2) is 28.7 Å². The van der Waals surface area contributed by atoms with E-state index in [-0.39, 0.29) is 23.8 Å². The van der Waals surface area contributed by atoms with Crippen molar-refractivity contribution in [1.29, 1.82) is 0 Å². The van der Waals surface area contributed by atoms with Crippen LogP contribution in [0.15, 0.2) is 41.8 Å². The second-order valence-corrected chi connectivity index (χ2v) is 7.46. The summed E-state index contributed by atoms with van der Waals surface area (Å²) in [7, 11) is 1.50. The maximum atomic E-state index is 12.5. The van der Waals surface area contributed by atoms with E-state index in [9.17, 15) is 19.7 Å². The highest BCUT2D eigenvalue weighted by atomic mass is 32.1. The first-order chi connectivity index (χ1) is 14.3. The summed E-state index contributed by atoms with van der Waals surface area (Å²) in [5, 5.41) is 16.0. The Morgan fingerprint density at radius 1 is 1.23 bits per heavy atom. The number of carbonyl (C=O) groups excluding carboxylic acids is 2. The van der Waals surface area contributed by atoms with Crippen LogP contribution < -0.4 is 10.1 Å². The largest absolute Gasteiger partial charge is 0.496 e. The third kappa shape index (κ3) is 4.69. The van der Waals surface area contributed by atoms with Gasteiger partial charge in [0.05, 0.1) is 24.1 Å². The molecule has 9 heteroatoms. The van der Waals surface area contributed by atoms with Crippen molar-refractivity contribution in [2.45, 2.75) is 20.3 Å². The number of hydrogen-bond donors (Lipinski definition) is 1. The van der Waals surface area contributed by atoms with Gasteiger partial charge in [-0.25, -0.2) is 4.98 Å². The van der Waals surface area contributed by atoms with E-state index >= 15 is 0 Å². The third-order valence-electron chi connectivity index (χ3n) is 4.49. The number of benzene rings is 2. The molecular formula is C21H19N3O5S. The maximum Gasteiger partial charge on any atom is 0.272 e. The normalized spacial score (nSPS) is 10.5. The van der Waals surface area contributed by atoms with Crippen molar-refractivity contribution in [2.24, 2.45) is 0 Å². The Kier molecular flexibility index (Phi) is 6.22. The number of nitro benzene ring substituents is 1. The van der Waals surface area contributed by atoms with E-state index in [1.54, 1.807) is 42.6 Å². The summed E-state index contributed by atoms with van der Waals surface area (Å²) in [5.41, 5.74) is 2.80. The van der Waals surface area contributed by atoms with E-state index in [0.717, 1.165) is 0 Å². The van der Waals surface area contributed by atoms with Crippen molar-refractivity contribution >= 4 is 33.8 Å². The number of nitrogens with one attached hydrogen (secondary N) is 1. The first-order valence-electron chi connectivity index (χ1n) is 8.97. The van der Waals surface area contributed by atoms with Gasteiger partial charge >= 0.3 is 0 Å². The van der Waals surface area contributed by atoms with Gasteiger partial charge in [-0.3, -0.25) is 19.7 Å². The molecule has 0 saturated heterocycles. The van der Waals surface area contributed by atoms with Gasteiger partial charge in [-0.2, -0.15) is 0 Å². The standard InChI is InChI=1S/C21H19N3O5S/c1-12-4-5-15(9-18(12)24(27)28)17-11-30-21(22-17)23-20(26)10-16-8-14(13(2)25)6-7-19(16)29-3/h4-9,11H,10H2,1-3H3,(H,22,23,26). The maximum absolute atomic E-state index is 12.5. The summed E-state index contributed by atoms with van der Waals surface area (Å²) >= 11 is 1.22. The highest BCUT2D eigenvalue weighted by Crippen LogP contribution is 2.29. The van der Waals surface area contributed by atoms with E-state index in [4.69, 9.17) is 4.74 Å². The molecule has 1 heterocycles. The van der Waals surface area contributed by atoms with Crippen LogP contribution in [-0.2, 0) is 11.2 Å². The zero-order chi connectivity index (χ0) is 21.8. The van der Waals surface area contributed by atoms with E-state index in [1.807, 2.05) is 0 Å². The lowest BCUT2D eigenvalue weighted by molar-refractivity contribution is -0.385. The Hall–Kier alpha value is -3.59. The molecule has 1 aromatic heterocycles. The molecule has 1 amide bonds. The quantitative estimate of drug-likeness (QED) is 0.341. The number of nitro groups is 1. The molecule has 3 aromatic rings. The van der Waals surface area contributed by atoms with Gasteiger partial charge in [0.1, 0.15) is 5.75 Å². The van der Waals surface area contributed by atoms with Crippen LogP contribution in [0, 0.1) is 17.0 Å². The number of nitrogens with zero attached hydrogens (tertiary/aromatic N) is 2. The minimum absolute atomic E-state index is 0.00914. The van der Waals surface area contributed by atoms with Crippen molar-refractivity contribution in [2.75, 3.05) is 12.4 Å². The zero-order valence-corrected chi connectivity index (χ0v) is 17.4. The fraction of sp³-hybridized carbons (Fsp3) is 0.190. The zero-order valence-electron chi connectivity index (χ0n) is 16.6. The first kappa shape index (κ1) is 21.1. The van der Waals surface area contributed by atoms with Gasteiger partial charge < -0.3 is 10.1 Å². The van der Waals surface area contributed by atoms with Crippen LogP contribution >= 0.6 is 11.3 Å². The molecule has 0 atom stereocenters. The lowest BCUT2D eigenvalue weighted by Gasteiger charge is -2.09. The lowest BCUT2D eigenvalue weighted by Crippen LogP contribution is -2.15. The van der Waals surface area contributed by atoms with Crippen molar-refractivity contribution in [1.82, 2.24) is 4.98 Å². The van der Waals surface area contributed by atoms with Gasteiger partial charge in [0, 0.05) is 33.7 Å². The number of carbonyl (C=O) groups is 2. The van der Waals surface area contributed by atoms with Crippen LogP contribution in [0.5, 0.6) is 5.75 Å². The van der Waals surface area contributed by atoms with Crippen LogP contribution in [0.3, 0.4) is 0 Å². The highest BCUT2D eigenvalue weighted by Gasteiger charge is 2.16. The van der Waals surface area contributed by atoms with Crippen LogP contribution in [0.1, 0.15) is 28.4 Å². The molecule has 0 saturated carbocycles. The number of methoxy groups -OCH3 is 1. The number of amides is 1. The monoisotopic (exact) mass is 425 g/mol. The predicted octanol–water partition coefficient (Wildman–Crippen LogP) is 4.42. The van der Waals surface area contributed by atoms with Gasteiger partial charge in [-0.15, -0.1) is 11.3 Å². The molecule has 3 rings (SSSR count). The number of aryl methyl sites for hydroxylation is 1. The number of Topliss-reactive ketones (excluding diaryl/α,β-unsaturated/α-hetero) is 1. The minimum atomic E-state index is -0.434. The summed E-state index contributed by atoms with van der Waals surface area (Å²) in [6.07, 6.45) is 0.00914. The SMILES string of the molecule is COc1ccc(C(C)=O)cc1CC(=O)Nc1nc(-c2ccc(C)c([N+](=O)[O-])c2)cs1. The Morgan fingerprint density at radius 2 is 2.00 bits per heavy atom. The first-order valence-corrected chi connectivity index (χ1v) is 9.85. The molecule has 1 N–H and O–H groups in total. The molecule has 0 aliphatic rings. The number of ether oxygens (including phenoxy) is 1. The average Bonchev–Trinajstić information content (AvgIpc) is 3.16. The molecule has 0 aliphatic heterocycles. The number of aromatic nitrogens is 1. The molecule has 30 heavy (non-hydrogen) atoms. The van der Waals surface area contributed by atoms with E-state index in [1.165, 1.54) is 31.4 Å². The van der Waals surface area contributed by atoms with Crippen LogP contribution in [0.4, 0.5) is 10.8 Å². The molecular weight excluding hydrogens is 406 g/mol. The average molecular weight is 425 g/mol. The molecule has 0 spiro atoms. The van der Waals surface area contributed by atoms with Crippen molar-refractivity contribution in [3.8, 4) is 17.0 Å². The molecule has 8 nitrogen and oxygen atoms in total. The molecule has 0 fully saturated rings. The summed E-state index contributed by atoms with van der Waals surface area (Å²) in [6, 6.07) is 9.83. The number of anilines is 1. The lowest BCUT2D eigenvalue weighted by atomic mass is 10.0. The Balaban J connectivity index is 1.76. The molecule has 0 aliphatic carbocycles. The third-order valence-corrected chi connectivity index (χ3v) is 5.25. The summed E-state index contributed by atoms with van der Waals surface area (Å²) in [6.45, 7) is 3.13. The smallest absolute Gasteiger partial charge is 0.272 e. The fourth-order valence-corrected chi connectivity index (χ4v) is 3.64. The van der Waals surface area contributed by atoms with Crippen LogP contribution in [0.2, 0.25) is 0 Å². The van der Waals surface area contributed by atoms with E-state index < -0.39 is 4.92 Å². The summed E-state index contributed by atoms with van der Waals surface area (Å²) < 4.78 is 5.27. The predicted molar refractivity (Wildman–Crippen MR) is 114 cm³/mol. The Morgan fingerprint density at radius 3 is 2.67 bits per heavy atom. The van der Waals surface area contributed by atoms with Gasteiger partial charge in [-0.05, 0) is 32.0 Å². The van der Waals surface area contributed by atoms with Gasteiger partial charge in [-0.1, -0.05) is 12.1 Å². The highest BCUT2D eigenvalue weighted by molar-refractivity contribution is 7.14. The summed E-state index contributed by atoms with van der Waals surface area (Å²) in [4.78, 5) is 39.2. The Labute approximate surface area is 176 Å². The van der Waals surface area contributed by atoms with Gasteiger partial charge in [0.25, 0.3) is 5.69 Å². The second-order valence-electron chi connectivity index (χ2n) is 6.60. The second kappa shape index (κ2) is 8.83. The van der Waals surface area contributed by atoms with Crippen molar-refractivity contribution < 1.29 is 19.2 Å². The fourth-order valence-electron chi connectivity index (χ4n) is 2.90. The van der Waals surface area contributed by atoms with Gasteiger partial charge in [0.15, 0.2) is 10.9 Å². The minimum Gasteiger partial charge on any atom is -0.496 e. The number of hydrogen-bond acceptors (Lipinski definition) is 7. The Bertz CT molecular complexity index is 1140. The summed E-state index contributed by atoms with van der Waals surface area (Å²) in [5.74, 6) is 0.0998. The number of rotatable bonds is 7. The van der Waals surface area contributed by atoms with Crippen molar-refractivity contribution in [3.05, 3.63) is 68.6 Å². The molecule has 0 radical (unpaired) electrons. The van der Waals surface area contributed by atoms with Gasteiger partial charge in [0.2, 0.25) is 5.91 Å². The van der Waals surface area contributed by atoms with Crippen molar-refractivity contribution in [3.63, 3.8) is 0 Å².